The standard InChI is InChI=1S/C18H20ClNO/c1-12-5-8-18-14(10-12)4-3-9-20(18)15-6-7-16(13(2)21)17(19)11-15/h5-8,10-11,13,21H,3-4,9H2,1-2H3. The molecule has 0 aromatic heterocycles. The molecule has 110 valence electrons. The number of hydrogen-bond acceptors (Lipinski definition) is 2. The summed E-state index contributed by atoms with van der Waals surface area (Å²) in [5.41, 5.74) is 5.85. The highest BCUT2D eigenvalue weighted by atomic mass is 35.5. The first-order chi connectivity index (χ1) is 10.1. The first-order valence-corrected chi connectivity index (χ1v) is 7.78. The van der Waals surface area contributed by atoms with Gasteiger partial charge in [-0.15, -0.1) is 0 Å². The van der Waals surface area contributed by atoms with E-state index in [1.807, 2.05) is 18.2 Å². The van der Waals surface area contributed by atoms with Crippen LogP contribution in [0.15, 0.2) is 36.4 Å². The van der Waals surface area contributed by atoms with Gasteiger partial charge in [-0.2, -0.15) is 0 Å². The number of hydrogen-bond donors (Lipinski definition) is 1. The van der Waals surface area contributed by atoms with Gasteiger partial charge in [0, 0.05) is 22.9 Å². The second-order valence-electron chi connectivity index (χ2n) is 5.77. The zero-order valence-electron chi connectivity index (χ0n) is 12.4. The van der Waals surface area contributed by atoms with Crippen molar-refractivity contribution >= 4 is 23.0 Å². The summed E-state index contributed by atoms with van der Waals surface area (Å²) >= 11 is 6.31. The summed E-state index contributed by atoms with van der Waals surface area (Å²) in [6.45, 7) is 4.87. The van der Waals surface area contributed by atoms with Crippen molar-refractivity contribution in [1.29, 1.82) is 0 Å². The van der Waals surface area contributed by atoms with Crippen LogP contribution in [-0.2, 0) is 6.42 Å². The van der Waals surface area contributed by atoms with Gasteiger partial charge in [-0.25, -0.2) is 0 Å². The molecule has 21 heavy (non-hydrogen) atoms. The topological polar surface area (TPSA) is 23.5 Å². The largest absolute Gasteiger partial charge is 0.389 e. The predicted molar refractivity (Wildman–Crippen MR) is 88.6 cm³/mol. The van der Waals surface area contributed by atoms with Gasteiger partial charge in [0.15, 0.2) is 0 Å². The van der Waals surface area contributed by atoms with Crippen molar-refractivity contribution in [2.45, 2.75) is 32.8 Å². The van der Waals surface area contributed by atoms with E-state index in [9.17, 15) is 5.11 Å². The van der Waals surface area contributed by atoms with Gasteiger partial charge in [-0.1, -0.05) is 35.4 Å². The van der Waals surface area contributed by atoms with E-state index in [0.717, 1.165) is 30.6 Å². The Bertz CT molecular complexity index is 666. The smallest absolute Gasteiger partial charge is 0.0776 e. The zero-order valence-corrected chi connectivity index (χ0v) is 13.2. The van der Waals surface area contributed by atoms with Crippen LogP contribution in [0.2, 0.25) is 5.02 Å². The molecule has 0 spiro atoms. The summed E-state index contributed by atoms with van der Waals surface area (Å²) in [6.07, 6.45) is 1.74. The third kappa shape index (κ3) is 2.78. The molecular weight excluding hydrogens is 282 g/mol. The van der Waals surface area contributed by atoms with Crippen molar-refractivity contribution in [2.75, 3.05) is 11.4 Å². The van der Waals surface area contributed by atoms with Gasteiger partial charge in [-0.05, 0) is 56.0 Å². The fourth-order valence-electron chi connectivity index (χ4n) is 3.02. The maximum atomic E-state index is 9.70. The highest BCUT2D eigenvalue weighted by Crippen LogP contribution is 2.36. The molecule has 1 atom stereocenters. The first kappa shape index (κ1) is 14.4. The van der Waals surface area contributed by atoms with Crippen LogP contribution in [0.5, 0.6) is 0 Å². The van der Waals surface area contributed by atoms with Gasteiger partial charge in [-0.3, -0.25) is 0 Å². The molecule has 0 saturated carbocycles. The van der Waals surface area contributed by atoms with Crippen LogP contribution in [0, 0.1) is 6.92 Å². The molecule has 1 unspecified atom stereocenters. The molecule has 0 fully saturated rings. The van der Waals surface area contributed by atoms with Crippen LogP contribution in [0.3, 0.4) is 0 Å². The van der Waals surface area contributed by atoms with Gasteiger partial charge >= 0.3 is 0 Å². The summed E-state index contributed by atoms with van der Waals surface area (Å²) in [5.74, 6) is 0. The molecular formula is C18H20ClNO. The van der Waals surface area contributed by atoms with E-state index < -0.39 is 6.10 Å². The monoisotopic (exact) mass is 301 g/mol. The fraction of sp³-hybridized carbons (Fsp3) is 0.333. The van der Waals surface area contributed by atoms with E-state index in [2.05, 4.69) is 30.0 Å². The summed E-state index contributed by atoms with van der Waals surface area (Å²) in [7, 11) is 0. The second-order valence-corrected chi connectivity index (χ2v) is 6.18. The molecule has 1 aliphatic rings. The Balaban J connectivity index is 2.01. The SMILES string of the molecule is Cc1ccc2c(c1)CCCN2c1ccc(C(C)O)c(Cl)c1. The number of fused-ring (bicyclic) bond motifs is 1. The molecule has 1 N–H and O–H groups in total. The molecule has 1 heterocycles. The lowest BCUT2D eigenvalue weighted by Gasteiger charge is -2.32. The van der Waals surface area contributed by atoms with Gasteiger partial charge in [0.05, 0.1) is 6.10 Å². The van der Waals surface area contributed by atoms with Crippen LogP contribution in [0.25, 0.3) is 0 Å². The van der Waals surface area contributed by atoms with E-state index in [4.69, 9.17) is 11.6 Å². The third-order valence-electron chi connectivity index (χ3n) is 4.10. The Morgan fingerprint density at radius 3 is 2.71 bits per heavy atom. The van der Waals surface area contributed by atoms with Crippen molar-refractivity contribution in [3.63, 3.8) is 0 Å². The molecule has 2 nitrogen and oxygen atoms in total. The van der Waals surface area contributed by atoms with E-state index >= 15 is 0 Å². The van der Waals surface area contributed by atoms with E-state index in [-0.39, 0.29) is 0 Å². The van der Waals surface area contributed by atoms with Crippen molar-refractivity contribution in [2.24, 2.45) is 0 Å². The molecule has 2 aromatic carbocycles. The lowest BCUT2D eigenvalue weighted by Crippen LogP contribution is -2.24. The third-order valence-corrected chi connectivity index (χ3v) is 4.43. The molecule has 0 aliphatic carbocycles. The number of benzene rings is 2. The molecule has 2 aromatic rings. The minimum Gasteiger partial charge on any atom is -0.389 e. The number of halogens is 1. The number of aryl methyl sites for hydroxylation is 2. The highest BCUT2D eigenvalue weighted by molar-refractivity contribution is 6.31. The minimum absolute atomic E-state index is 0.539. The van der Waals surface area contributed by atoms with Gasteiger partial charge in [0.25, 0.3) is 0 Å². The Kier molecular flexibility index (Phi) is 3.92. The fourth-order valence-corrected chi connectivity index (χ4v) is 3.35. The molecule has 0 amide bonds. The van der Waals surface area contributed by atoms with Crippen molar-refractivity contribution < 1.29 is 5.11 Å². The van der Waals surface area contributed by atoms with Crippen LogP contribution < -0.4 is 4.90 Å². The maximum absolute atomic E-state index is 9.70. The van der Waals surface area contributed by atoms with Gasteiger partial charge in [0.1, 0.15) is 0 Å². The highest BCUT2D eigenvalue weighted by Gasteiger charge is 2.19. The number of rotatable bonds is 2. The predicted octanol–water partition coefficient (Wildman–Crippen LogP) is 4.79. The zero-order chi connectivity index (χ0) is 15.0. The van der Waals surface area contributed by atoms with E-state index in [0.29, 0.717) is 5.02 Å². The Morgan fingerprint density at radius 1 is 1.19 bits per heavy atom. The molecule has 0 radical (unpaired) electrons. The molecule has 1 aliphatic heterocycles. The maximum Gasteiger partial charge on any atom is 0.0776 e. The average Bonchev–Trinajstić information content (AvgIpc) is 2.45. The van der Waals surface area contributed by atoms with Crippen LogP contribution in [-0.4, -0.2) is 11.7 Å². The number of aliphatic hydroxyl groups is 1. The minimum atomic E-state index is -0.539. The normalized spacial score (nSPS) is 15.7. The number of aliphatic hydroxyl groups excluding tert-OH is 1. The first-order valence-electron chi connectivity index (χ1n) is 7.41. The Morgan fingerprint density at radius 2 is 2.00 bits per heavy atom. The van der Waals surface area contributed by atoms with Crippen molar-refractivity contribution in [3.8, 4) is 0 Å². The summed E-state index contributed by atoms with van der Waals surface area (Å²) < 4.78 is 0. The average molecular weight is 302 g/mol. The van der Waals surface area contributed by atoms with Crippen LogP contribution in [0.1, 0.15) is 36.1 Å². The van der Waals surface area contributed by atoms with Crippen LogP contribution >= 0.6 is 11.6 Å². The molecule has 0 saturated heterocycles. The Hall–Kier alpha value is -1.51. The molecule has 3 heteroatoms. The molecule has 3 rings (SSSR count). The lowest BCUT2D eigenvalue weighted by atomic mass is 9.98. The number of nitrogens with zero attached hydrogens (tertiary/aromatic N) is 1. The summed E-state index contributed by atoms with van der Waals surface area (Å²) in [4.78, 5) is 2.32. The second kappa shape index (κ2) is 5.70. The van der Waals surface area contributed by atoms with E-state index in [1.165, 1.54) is 16.8 Å². The van der Waals surface area contributed by atoms with Crippen molar-refractivity contribution in [1.82, 2.24) is 0 Å². The van der Waals surface area contributed by atoms with Crippen molar-refractivity contribution in [3.05, 3.63) is 58.1 Å². The van der Waals surface area contributed by atoms with Crippen LogP contribution in [0.4, 0.5) is 11.4 Å². The quantitative estimate of drug-likeness (QED) is 0.862. The number of anilines is 2. The van der Waals surface area contributed by atoms with E-state index in [1.54, 1.807) is 6.92 Å². The van der Waals surface area contributed by atoms with Gasteiger partial charge < -0.3 is 10.0 Å². The Labute approximate surface area is 131 Å². The molecule has 0 bridgehead atoms. The summed E-state index contributed by atoms with van der Waals surface area (Å²) in [5, 5.41) is 10.3. The lowest BCUT2D eigenvalue weighted by molar-refractivity contribution is 0.199. The van der Waals surface area contributed by atoms with Gasteiger partial charge in [0.2, 0.25) is 0 Å². The summed E-state index contributed by atoms with van der Waals surface area (Å²) in [6, 6.07) is 12.5.